The van der Waals surface area contributed by atoms with Crippen molar-refractivity contribution in [1.82, 2.24) is 5.32 Å². The van der Waals surface area contributed by atoms with E-state index in [2.05, 4.69) is 20.3 Å². The third-order valence-corrected chi connectivity index (χ3v) is 4.84. The number of hydrogen-bond acceptors (Lipinski definition) is 11. The summed E-state index contributed by atoms with van der Waals surface area (Å²) in [6.45, 7) is 0. The SMILES string of the molecule is COC(=O)/C=C1/S/C(=N\N=Cc2ccccc2Oc2ccc([N+](=O)[O-])cc2[N+](=O)[O-])NC1=O. The van der Waals surface area contributed by atoms with Crippen molar-refractivity contribution in [2.45, 2.75) is 0 Å². The van der Waals surface area contributed by atoms with Crippen molar-refractivity contribution in [3.8, 4) is 11.5 Å². The first kappa shape index (κ1) is 23.1. The summed E-state index contributed by atoms with van der Waals surface area (Å²) in [5.41, 5.74) is -0.642. The highest BCUT2D eigenvalue weighted by molar-refractivity contribution is 8.18. The Morgan fingerprint density at radius 3 is 2.58 bits per heavy atom. The van der Waals surface area contributed by atoms with Crippen molar-refractivity contribution in [2.24, 2.45) is 10.2 Å². The number of methoxy groups -OCH3 is 1. The van der Waals surface area contributed by atoms with Crippen LogP contribution in [-0.2, 0) is 14.3 Å². The minimum absolute atomic E-state index is 0.0880. The normalized spacial score (nSPS) is 15.6. The van der Waals surface area contributed by atoms with Crippen LogP contribution in [0.15, 0.2) is 63.6 Å². The molecule has 1 fully saturated rings. The molecule has 33 heavy (non-hydrogen) atoms. The number of hydrogen-bond donors (Lipinski definition) is 1. The maximum atomic E-state index is 11.8. The van der Waals surface area contributed by atoms with E-state index < -0.39 is 33.1 Å². The van der Waals surface area contributed by atoms with Gasteiger partial charge in [0.1, 0.15) is 5.75 Å². The summed E-state index contributed by atoms with van der Waals surface area (Å²) in [6, 6.07) is 9.41. The van der Waals surface area contributed by atoms with E-state index >= 15 is 0 Å². The minimum Gasteiger partial charge on any atom is -0.466 e. The number of nitrogens with one attached hydrogen (secondary N) is 1. The second-order valence-electron chi connectivity index (χ2n) is 6.04. The van der Waals surface area contributed by atoms with Crippen LogP contribution in [0.3, 0.4) is 0 Å². The fraction of sp³-hybridized carbons (Fsp3) is 0.0526. The summed E-state index contributed by atoms with van der Waals surface area (Å²) in [6.07, 6.45) is 2.31. The monoisotopic (exact) mass is 471 g/mol. The number of carbonyl (C=O) groups is 2. The molecule has 14 heteroatoms. The van der Waals surface area contributed by atoms with Crippen LogP contribution in [0.25, 0.3) is 0 Å². The number of amides is 1. The molecule has 1 amide bonds. The van der Waals surface area contributed by atoms with E-state index in [0.717, 1.165) is 36.0 Å². The van der Waals surface area contributed by atoms with Crippen molar-refractivity contribution >= 4 is 46.4 Å². The Morgan fingerprint density at radius 2 is 1.88 bits per heavy atom. The molecule has 1 N–H and O–H groups in total. The lowest BCUT2D eigenvalue weighted by atomic mass is 10.2. The van der Waals surface area contributed by atoms with E-state index in [1.165, 1.54) is 19.4 Å². The Morgan fingerprint density at radius 1 is 1.12 bits per heavy atom. The van der Waals surface area contributed by atoms with Gasteiger partial charge in [-0.3, -0.25) is 30.3 Å². The van der Waals surface area contributed by atoms with Gasteiger partial charge < -0.3 is 9.47 Å². The minimum atomic E-state index is -0.787. The third kappa shape index (κ3) is 5.76. The van der Waals surface area contributed by atoms with Crippen LogP contribution in [0.2, 0.25) is 0 Å². The molecule has 0 bridgehead atoms. The number of nitro benzene ring substituents is 2. The van der Waals surface area contributed by atoms with E-state index in [4.69, 9.17) is 4.74 Å². The lowest BCUT2D eigenvalue weighted by Gasteiger charge is -2.08. The molecule has 1 aliphatic rings. The van der Waals surface area contributed by atoms with Crippen molar-refractivity contribution in [2.75, 3.05) is 7.11 Å². The number of nitrogens with zero attached hydrogens (tertiary/aromatic N) is 4. The van der Waals surface area contributed by atoms with Crippen molar-refractivity contribution in [1.29, 1.82) is 0 Å². The van der Waals surface area contributed by atoms with E-state index in [9.17, 15) is 29.8 Å². The molecule has 0 spiro atoms. The van der Waals surface area contributed by atoms with Gasteiger partial charge in [-0.1, -0.05) is 12.1 Å². The second kappa shape index (κ2) is 10.1. The molecule has 0 saturated carbocycles. The van der Waals surface area contributed by atoms with E-state index in [1.54, 1.807) is 18.2 Å². The average Bonchev–Trinajstić information content (AvgIpc) is 3.13. The number of carbonyl (C=O) groups excluding carboxylic acids is 2. The summed E-state index contributed by atoms with van der Waals surface area (Å²) >= 11 is 0.888. The average molecular weight is 471 g/mol. The van der Waals surface area contributed by atoms with Crippen molar-refractivity contribution < 1.29 is 28.9 Å². The molecule has 0 aliphatic carbocycles. The van der Waals surface area contributed by atoms with E-state index in [0.29, 0.717) is 5.56 Å². The molecule has 1 saturated heterocycles. The van der Waals surface area contributed by atoms with Crippen LogP contribution in [0.4, 0.5) is 11.4 Å². The molecule has 1 aliphatic heterocycles. The number of thioether (sulfide) groups is 1. The number of amidine groups is 1. The molecule has 2 aromatic rings. The largest absolute Gasteiger partial charge is 0.466 e. The highest BCUT2D eigenvalue weighted by atomic mass is 32.2. The van der Waals surface area contributed by atoms with Gasteiger partial charge in [-0.2, -0.15) is 5.10 Å². The summed E-state index contributed by atoms with van der Waals surface area (Å²) in [7, 11) is 1.18. The Balaban J connectivity index is 1.82. The maximum Gasteiger partial charge on any atom is 0.331 e. The van der Waals surface area contributed by atoms with Crippen LogP contribution in [0.5, 0.6) is 11.5 Å². The Labute approximate surface area is 189 Å². The van der Waals surface area contributed by atoms with Gasteiger partial charge in [0.25, 0.3) is 11.6 Å². The quantitative estimate of drug-likeness (QED) is 0.209. The molecule has 13 nitrogen and oxygen atoms in total. The molecule has 3 rings (SSSR count). The fourth-order valence-corrected chi connectivity index (χ4v) is 3.17. The topological polar surface area (TPSA) is 176 Å². The highest BCUT2D eigenvalue weighted by Gasteiger charge is 2.25. The van der Waals surface area contributed by atoms with Crippen LogP contribution in [-0.4, -0.2) is 40.2 Å². The molecule has 168 valence electrons. The third-order valence-electron chi connectivity index (χ3n) is 3.94. The number of benzene rings is 2. The number of rotatable bonds is 7. The maximum absolute atomic E-state index is 11.8. The standard InChI is InChI=1S/C19H13N5O8S/c1-31-17(25)9-16-18(26)21-19(33-16)22-20-10-11-4-2-3-5-14(11)32-15-7-6-12(23(27)28)8-13(15)24(29)30/h2-10H,1H3,(H,21,22,26)/b16-9+,20-10?. The smallest absolute Gasteiger partial charge is 0.331 e. The van der Waals surface area contributed by atoms with Crippen molar-refractivity contribution in [3.05, 3.63) is 79.2 Å². The van der Waals surface area contributed by atoms with E-state index in [-0.39, 0.29) is 21.6 Å². The van der Waals surface area contributed by atoms with Gasteiger partial charge in [0.05, 0.1) is 34.1 Å². The first-order valence-electron chi connectivity index (χ1n) is 8.88. The fourth-order valence-electron chi connectivity index (χ4n) is 2.43. The second-order valence-corrected chi connectivity index (χ2v) is 7.07. The first-order valence-corrected chi connectivity index (χ1v) is 9.69. The summed E-state index contributed by atoms with van der Waals surface area (Å²) in [5, 5.41) is 32.5. The van der Waals surface area contributed by atoms with Crippen LogP contribution < -0.4 is 10.1 Å². The molecule has 0 aromatic heterocycles. The van der Waals surface area contributed by atoms with Gasteiger partial charge in [0, 0.05) is 17.7 Å². The summed E-state index contributed by atoms with van der Waals surface area (Å²) in [4.78, 5) is 43.9. The van der Waals surface area contributed by atoms with Crippen LogP contribution >= 0.6 is 11.8 Å². The Hall–Kier alpha value is -4.59. The molecular formula is C19H13N5O8S. The number of non-ortho nitro benzene ring substituents is 1. The number of para-hydroxylation sites is 1. The zero-order valence-electron chi connectivity index (χ0n) is 16.7. The Kier molecular flexibility index (Phi) is 7.10. The van der Waals surface area contributed by atoms with E-state index in [1.807, 2.05) is 0 Å². The van der Waals surface area contributed by atoms with Gasteiger partial charge >= 0.3 is 11.7 Å². The zero-order chi connectivity index (χ0) is 24.0. The van der Waals surface area contributed by atoms with Crippen LogP contribution in [0, 0.1) is 20.2 Å². The predicted molar refractivity (Wildman–Crippen MR) is 117 cm³/mol. The highest BCUT2D eigenvalue weighted by Crippen LogP contribution is 2.35. The van der Waals surface area contributed by atoms with Crippen LogP contribution in [0.1, 0.15) is 5.56 Å². The van der Waals surface area contributed by atoms with Gasteiger partial charge in [-0.25, -0.2) is 4.79 Å². The number of nitro groups is 2. The van der Waals surface area contributed by atoms with Crippen molar-refractivity contribution in [3.63, 3.8) is 0 Å². The van der Waals surface area contributed by atoms with Gasteiger partial charge in [0.15, 0.2) is 5.17 Å². The number of ether oxygens (including phenoxy) is 2. The Bertz CT molecular complexity index is 1240. The number of esters is 1. The summed E-state index contributed by atoms with van der Waals surface area (Å²) in [5.74, 6) is -1.25. The molecule has 0 atom stereocenters. The van der Waals surface area contributed by atoms with Gasteiger partial charge in [0.2, 0.25) is 5.75 Å². The van der Waals surface area contributed by atoms with Gasteiger partial charge in [-0.15, -0.1) is 5.10 Å². The first-order chi connectivity index (χ1) is 15.8. The summed E-state index contributed by atoms with van der Waals surface area (Å²) < 4.78 is 10.1. The van der Waals surface area contributed by atoms with Gasteiger partial charge in [-0.05, 0) is 30.0 Å². The molecule has 1 heterocycles. The lowest BCUT2D eigenvalue weighted by Crippen LogP contribution is -2.19. The zero-order valence-corrected chi connectivity index (χ0v) is 17.5. The molecule has 0 radical (unpaired) electrons. The molecule has 0 unspecified atom stereocenters. The molecular weight excluding hydrogens is 458 g/mol. The molecule has 2 aromatic carbocycles. The lowest BCUT2D eigenvalue weighted by molar-refractivity contribution is -0.394. The predicted octanol–water partition coefficient (Wildman–Crippen LogP) is 2.91.